The van der Waals surface area contributed by atoms with Crippen LogP contribution in [0.25, 0.3) is 0 Å². The number of carbonyl (C=O) groups excluding carboxylic acids is 3. The number of imide groups is 1. The molecule has 130 valence electrons. The molecule has 2 rings (SSSR count). The van der Waals surface area contributed by atoms with E-state index in [9.17, 15) is 14.4 Å². The number of rotatable bonds is 8. The fourth-order valence-electron chi connectivity index (χ4n) is 1.85. The van der Waals surface area contributed by atoms with Crippen molar-refractivity contribution >= 4 is 17.9 Å². The van der Waals surface area contributed by atoms with E-state index in [1.165, 1.54) is 0 Å². The molecular formula is C17H22N2O5. The zero-order valence-corrected chi connectivity index (χ0v) is 13.7. The summed E-state index contributed by atoms with van der Waals surface area (Å²) in [5, 5.41) is 4.72. The summed E-state index contributed by atoms with van der Waals surface area (Å²) in [6.45, 7) is 2.20. The van der Waals surface area contributed by atoms with Crippen molar-refractivity contribution in [2.75, 3.05) is 13.2 Å². The van der Waals surface area contributed by atoms with Gasteiger partial charge in [0.2, 0.25) is 0 Å². The number of carbonyl (C=O) groups is 3. The number of hydrogen-bond acceptors (Lipinski definition) is 5. The smallest absolute Gasteiger partial charge is 0.338 e. The Labute approximate surface area is 140 Å². The minimum Gasteiger partial charge on any atom is -0.494 e. The van der Waals surface area contributed by atoms with Crippen LogP contribution in [0.1, 0.15) is 43.0 Å². The van der Waals surface area contributed by atoms with Crippen LogP contribution in [-0.2, 0) is 9.53 Å². The predicted octanol–water partition coefficient (Wildman–Crippen LogP) is 2.01. The van der Waals surface area contributed by atoms with Crippen LogP contribution in [0.15, 0.2) is 24.3 Å². The molecule has 0 bridgehead atoms. The summed E-state index contributed by atoms with van der Waals surface area (Å²) in [6.07, 6.45) is 3.86. The van der Waals surface area contributed by atoms with E-state index in [0.29, 0.717) is 17.9 Å². The number of amides is 3. The van der Waals surface area contributed by atoms with Gasteiger partial charge in [0, 0.05) is 6.04 Å². The van der Waals surface area contributed by atoms with Crippen molar-refractivity contribution in [2.24, 2.45) is 0 Å². The number of hydrogen-bond donors (Lipinski definition) is 2. The van der Waals surface area contributed by atoms with Gasteiger partial charge in [-0.15, -0.1) is 0 Å². The number of urea groups is 1. The lowest BCUT2D eigenvalue weighted by molar-refractivity contribution is -0.123. The zero-order chi connectivity index (χ0) is 17.4. The first-order valence-electron chi connectivity index (χ1n) is 8.09. The fourth-order valence-corrected chi connectivity index (χ4v) is 1.85. The lowest BCUT2D eigenvalue weighted by atomic mass is 10.2. The van der Waals surface area contributed by atoms with Crippen LogP contribution in [0.4, 0.5) is 4.79 Å². The molecule has 0 unspecified atom stereocenters. The molecule has 1 aromatic carbocycles. The van der Waals surface area contributed by atoms with Crippen molar-refractivity contribution in [1.82, 2.24) is 10.6 Å². The molecule has 1 fully saturated rings. The summed E-state index contributed by atoms with van der Waals surface area (Å²) in [6, 6.07) is 6.08. The molecule has 1 aliphatic rings. The van der Waals surface area contributed by atoms with E-state index < -0.39 is 24.5 Å². The maximum atomic E-state index is 11.9. The van der Waals surface area contributed by atoms with Crippen molar-refractivity contribution in [1.29, 1.82) is 0 Å². The lowest BCUT2D eigenvalue weighted by Crippen LogP contribution is -2.42. The van der Waals surface area contributed by atoms with E-state index in [1.807, 2.05) is 0 Å². The van der Waals surface area contributed by atoms with Gasteiger partial charge in [0.1, 0.15) is 5.75 Å². The van der Waals surface area contributed by atoms with Crippen molar-refractivity contribution in [3.8, 4) is 5.75 Å². The SMILES string of the molecule is CCCCOc1ccc(C(=O)OCC(=O)NC(=O)NC2CC2)cc1. The first-order valence-corrected chi connectivity index (χ1v) is 8.09. The monoisotopic (exact) mass is 334 g/mol. The van der Waals surface area contributed by atoms with Gasteiger partial charge in [0.15, 0.2) is 6.61 Å². The molecule has 7 nitrogen and oxygen atoms in total. The highest BCUT2D eigenvalue weighted by Crippen LogP contribution is 2.18. The molecule has 24 heavy (non-hydrogen) atoms. The molecule has 1 aliphatic carbocycles. The van der Waals surface area contributed by atoms with Crippen LogP contribution in [0.2, 0.25) is 0 Å². The van der Waals surface area contributed by atoms with Crippen LogP contribution in [0.5, 0.6) is 5.75 Å². The van der Waals surface area contributed by atoms with Crippen molar-refractivity contribution in [3.63, 3.8) is 0 Å². The van der Waals surface area contributed by atoms with Crippen LogP contribution in [0.3, 0.4) is 0 Å². The summed E-state index contributed by atoms with van der Waals surface area (Å²) < 4.78 is 10.4. The van der Waals surface area contributed by atoms with Crippen molar-refractivity contribution in [3.05, 3.63) is 29.8 Å². The van der Waals surface area contributed by atoms with Crippen LogP contribution in [0, 0.1) is 0 Å². The van der Waals surface area contributed by atoms with Crippen LogP contribution >= 0.6 is 0 Å². The Hall–Kier alpha value is -2.57. The van der Waals surface area contributed by atoms with Crippen molar-refractivity contribution in [2.45, 2.75) is 38.6 Å². The Morgan fingerprint density at radius 2 is 1.88 bits per heavy atom. The lowest BCUT2D eigenvalue weighted by Gasteiger charge is -2.08. The third-order valence-corrected chi connectivity index (χ3v) is 3.36. The molecule has 0 saturated heterocycles. The van der Waals surface area contributed by atoms with E-state index in [-0.39, 0.29) is 6.04 Å². The van der Waals surface area contributed by atoms with Gasteiger partial charge in [-0.3, -0.25) is 10.1 Å². The first kappa shape index (κ1) is 17.8. The normalized spacial score (nSPS) is 13.0. The minimum atomic E-state index is -0.666. The summed E-state index contributed by atoms with van der Waals surface area (Å²) in [5.74, 6) is -0.622. The number of esters is 1. The predicted molar refractivity (Wildman–Crippen MR) is 86.8 cm³/mol. The molecule has 3 amide bonds. The van der Waals surface area contributed by atoms with Crippen LogP contribution in [-0.4, -0.2) is 37.2 Å². The summed E-state index contributed by atoms with van der Waals surface area (Å²) in [4.78, 5) is 34.7. The number of ether oxygens (including phenoxy) is 2. The Balaban J connectivity index is 1.70. The molecular weight excluding hydrogens is 312 g/mol. The van der Waals surface area contributed by atoms with Gasteiger partial charge in [0.25, 0.3) is 5.91 Å². The minimum absolute atomic E-state index is 0.151. The second-order valence-electron chi connectivity index (χ2n) is 5.60. The number of benzene rings is 1. The highest BCUT2D eigenvalue weighted by atomic mass is 16.5. The third-order valence-electron chi connectivity index (χ3n) is 3.36. The molecule has 0 radical (unpaired) electrons. The van der Waals surface area contributed by atoms with Gasteiger partial charge in [-0.1, -0.05) is 13.3 Å². The first-order chi connectivity index (χ1) is 11.6. The Morgan fingerprint density at radius 3 is 2.50 bits per heavy atom. The summed E-state index contributed by atoms with van der Waals surface area (Å²) in [5.41, 5.74) is 0.313. The quantitative estimate of drug-likeness (QED) is 0.560. The molecule has 1 aromatic rings. The highest BCUT2D eigenvalue weighted by Gasteiger charge is 2.24. The third kappa shape index (κ3) is 6.28. The molecule has 2 N–H and O–H groups in total. The molecule has 0 heterocycles. The van der Waals surface area contributed by atoms with Gasteiger partial charge in [-0.2, -0.15) is 0 Å². The maximum absolute atomic E-state index is 11.9. The fraction of sp³-hybridized carbons (Fsp3) is 0.471. The highest BCUT2D eigenvalue weighted by molar-refractivity contribution is 5.97. The van der Waals surface area contributed by atoms with Gasteiger partial charge < -0.3 is 14.8 Å². The number of nitrogens with one attached hydrogen (secondary N) is 2. The number of unbranched alkanes of at least 4 members (excludes halogenated alkanes) is 1. The van der Waals surface area contributed by atoms with Gasteiger partial charge in [0.05, 0.1) is 12.2 Å². The maximum Gasteiger partial charge on any atom is 0.338 e. The van der Waals surface area contributed by atoms with E-state index in [1.54, 1.807) is 24.3 Å². The average Bonchev–Trinajstić information content (AvgIpc) is 3.37. The average molecular weight is 334 g/mol. The van der Waals surface area contributed by atoms with E-state index in [4.69, 9.17) is 9.47 Å². The van der Waals surface area contributed by atoms with E-state index >= 15 is 0 Å². The second kappa shape index (κ2) is 8.90. The molecule has 0 aliphatic heterocycles. The second-order valence-corrected chi connectivity index (χ2v) is 5.60. The van der Waals surface area contributed by atoms with E-state index in [2.05, 4.69) is 17.6 Å². The largest absolute Gasteiger partial charge is 0.494 e. The van der Waals surface area contributed by atoms with Gasteiger partial charge >= 0.3 is 12.0 Å². The molecule has 0 aromatic heterocycles. The van der Waals surface area contributed by atoms with Crippen molar-refractivity contribution < 1.29 is 23.9 Å². The Kier molecular flexibility index (Phi) is 6.60. The van der Waals surface area contributed by atoms with Gasteiger partial charge in [-0.05, 0) is 43.5 Å². The molecule has 1 saturated carbocycles. The molecule has 0 atom stereocenters. The van der Waals surface area contributed by atoms with Gasteiger partial charge in [-0.25, -0.2) is 9.59 Å². The standard InChI is InChI=1S/C17H22N2O5/c1-2-3-10-23-14-8-4-12(5-9-14)16(21)24-11-15(20)19-17(22)18-13-6-7-13/h4-5,8-9,13H,2-3,6-7,10-11H2,1H3,(H2,18,19,20,22). The molecule has 7 heteroatoms. The summed E-state index contributed by atoms with van der Waals surface area (Å²) in [7, 11) is 0. The summed E-state index contributed by atoms with van der Waals surface area (Å²) >= 11 is 0. The Bertz CT molecular complexity index is 581. The molecule has 0 spiro atoms. The topological polar surface area (TPSA) is 93.7 Å². The zero-order valence-electron chi connectivity index (χ0n) is 13.7. The van der Waals surface area contributed by atoms with E-state index in [0.717, 1.165) is 25.7 Å². The van der Waals surface area contributed by atoms with Crippen LogP contribution < -0.4 is 15.4 Å². The Morgan fingerprint density at radius 1 is 1.17 bits per heavy atom.